The minimum Gasteiger partial charge on any atom is -0.339 e. The Morgan fingerprint density at radius 2 is 1.75 bits per heavy atom. The molecule has 0 atom stereocenters. The lowest BCUT2D eigenvalue weighted by Gasteiger charge is -2.35. The minimum absolute atomic E-state index is 0.00501. The predicted octanol–water partition coefficient (Wildman–Crippen LogP) is 0.440. The van der Waals surface area contributed by atoms with Gasteiger partial charge in [0, 0.05) is 44.6 Å². The summed E-state index contributed by atoms with van der Waals surface area (Å²) >= 11 is 0. The first kappa shape index (κ1) is 17.9. The molecule has 0 bridgehead atoms. The van der Waals surface area contributed by atoms with E-state index >= 15 is 0 Å². The monoisotopic (exact) mass is 332 g/mol. The summed E-state index contributed by atoms with van der Waals surface area (Å²) in [6.07, 6.45) is 1.04. The van der Waals surface area contributed by atoms with Crippen molar-refractivity contribution in [3.05, 3.63) is 35.4 Å². The third-order valence-electron chi connectivity index (χ3n) is 4.14. The van der Waals surface area contributed by atoms with Crippen molar-refractivity contribution in [3.8, 4) is 0 Å². The van der Waals surface area contributed by atoms with Gasteiger partial charge in [0.1, 0.15) is 0 Å². The van der Waals surface area contributed by atoms with Gasteiger partial charge < -0.3 is 9.80 Å². The molecule has 1 fully saturated rings. The number of nitrogens with two attached hydrogens (primary N) is 1. The van der Waals surface area contributed by atoms with E-state index in [-0.39, 0.29) is 24.1 Å². The Morgan fingerprint density at radius 1 is 1.08 bits per heavy atom. The lowest BCUT2D eigenvalue weighted by atomic mass is 10.1. The van der Waals surface area contributed by atoms with Crippen LogP contribution in [-0.4, -0.2) is 53.7 Å². The van der Waals surface area contributed by atoms with E-state index in [1.807, 2.05) is 36.6 Å². The molecule has 0 unspecified atom stereocenters. The predicted molar refractivity (Wildman–Crippen MR) is 89.8 cm³/mol. The van der Waals surface area contributed by atoms with Gasteiger partial charge >= 0.3 is 0 Å². The van der Waals surface area contributed by atoms with Crippen molar-refractivity contribution in [1.82, 2.24) is 15.2 Å². The maximum Gasteiger partial charge on any atom is 0.253 e. The first-order valence-corrected chi connectivity index (χ1v) is 8.14. The standard InChI is InChI=1S/C17H24N4O3/c1-13-4-2-5-14(12-13)17(24)21-10-8-20(9-11-21)16(23)7-3-6-15(22)19-18/h2,4-5,12H,3,6-11,18H2,1H3,(H,19,22). The fraction of sp³-hybridized carbons (Fsp3) is 0.471. The number of hydrazine groups is 1. The van der Waals surface area contributed by atoms with Crippen molar-refractivity contribution in [2.45, 2.75) is 26.2 Å². The van der Waals surface area contributed by atoms with Crippen LogP contribution < -0.4 is 11.3 Å². The zero-order chi connectivity index (χ0) is 17.5. The van der Waals surface area contributed by atoms with Crippen LogP contribution in [0.4, 0.5) is 0 Å². The zero-order valence-corrected chi connectivity index (χ0v) is 14.0. The number of piperazine rings is 1. The highest BCUT2D eigenvalue weighted by atomic mass is 16.2. The van der Waals surface area contributed by atoms with Crippen molar-refractivity contribution in [2.24, 2.45) is 5.84 Å². The number of rotatable bonds is 5. The smallest absolute Gasteiger partial charge is 0.253 e. The van der Waals surface area contributed by atoms with Gasteiger partial charge in [-0.1, -0.05) is 17.7 Å². The summed E-state index contributed by atoms with van der Waals surface area (Å²) < 4.78 is 0. The molecule has 130 valence electrons. The van der Waals surface area contributed by atoms with E-state index in [4.69, 9.17) is 5.84 Å². The molecular weight excluding hydrogens is 308 g/mol. The fourth-order valence-corrected chi connectivity index (χ4v) is 2.75. The second kappa shape index (κ2) is 8.44. The van der Waals surface area contributed by atoms with Crippen LogP contribution in [0.15, 0.2) is 24.3 Å². The topological polar surface area (TPSA) is 95.7 Å². The van der Waals surface area contributed by atoms with Crippen LogP contribution in [0, 0.1) is 6.92 Å². The van der Waals surface area contributed by atoms with Gasteiger partial charge in [-0.3, -0.25) is 19.8 Å². The average molecular weight is 332 g/mol. The molecule has 1 saturated heterocycles. The second-order valence-corrected chi connectivity index (χ2v) is 5.96. The number of aryl methyl sites for hydroxylation is 1. The summed E-state index contributed by atoms with van der Waals surface area (Å²) in [4.78, 5) is 39.2. The Balaban J connectivity index is 1.79. The van der Waals surface area contributed by atoms with Crippen LogP contribution in [0.1, 0.15) is 35.2 Å². The summed E-state index contributed by atoms with van der Waals surface area (Å²) in [6.45, 7) is 4.07. The summed E-state index contributed by atoms with van der Waals surface area (Å²) in [7, 11) is 0. The maximum absolute atomic E-state index is 12.5. The molecule has 1 aromatic rings. The highest BCUT2D eigenvalue weighted by Gasteiger charge is 2.24. The molecule has 0 radical (unpaired) electrons. The van der Waals surface area contributed by atoms with Gasteiger partial charge in [0.05, 0.1) is 0 Å². The number of carbonyl (C=O) groups is 3. The Bertz CT molecular complexity index is 610. The van der Waals surface area contributed by atoms with Crippen molar-refractivity contribution in [1.29, 1.82) is 0 Å². The van der Waals surface area contributed by atoms with Crippen LogP contribution >= 0.6 is 0 Å². The van der Waals surface area contributed by atoms with Crippen molar-refractivity contribution < 1.29 is 14.4 Å². The molecule has 3 N–H and O–H groups in total. The molecular formula is C17H24N4O3. The number of hydrogen-bond acceptors (Lipinski definition) is 4. The number of benzene rings is 1. The normalized spacial score (nSPS) is 14.4. The molecule has 1 aliphatic heterocycles. The maximum atomic E-state index is 12.5. The SMILES string of the molecule is Cc1cccc(C(=O)N2CCN(C(=O)CCCC(=O)NN)CC2)c1. The first-order chi connectivity index (χ1) is 11.5. The number of hydrogen-bond donors (Lipinski definition) is 2. The van der Waals surface area contributed by atoms with E-state index < -0.39 is 0 Å². The Labute approximate surface area is 141 Å². The van der Waals surface area contributed by atoms with Crippen LogP contribution in [0.5, 0.6) is 0 Å². The Hall–Kier alpha value is -2.41. The van der Waals surface area contributed by atoms with Gasteiger partial charge in [-0.15, -0.1) is 0 Å². The van der Waals surface area contributed by atoms with Gasteiger partial charge in [-0.25, -0.2) is 5.84 Å². The third kappa shape index (κ3) is 4.79. The molecule has 7 nitrogen and oxygen atoms in total. The summed E-state index contributed by atoms with van der Waals surface area (Å²) in [5.41, 5.74) is 3.78. The molecule has 7 heteroatoms. The van der Waals surface area contributed by atoms with Gasteiger partial charge in [-0.05, 0) is 25.5 Å². The molecule has 0 aromatic heterocycles. The summed E-state index contributed by atoms with van der Waals surface area (Å²) in [6, 6.07) is 7.52. The van der Waals surface area contributed by atoms with Crippen LogP contribution in [-0.2, 0) is 9.59 Å². The molecule has 0 aliphatic carbocycles. The highest BCUT2D eigenvalue weighted by Crippen LogP contribution is 2.12. The highest BCUT2D eigenvalue weighted by molar-refractivity contribution is 5.94. The van der Waals surface area contributed by atoms with E-state index in [0.717, 1.165) is 5.56 Å². The molecule has 1 aliphatic rings. The number of nitrogens with zero attached hydrogens (tertiary/aromatic N) is 2. The molecule has 2 rings (SSSR count). The largest absolute Gasteiger partial charge is 0.339 e. The Morgan fingerprint density at radius 3 is 2.38 bits per heavy atom. The van der Waals surface area contributed by atoms with Gasteiger partial charge in [0.2, 0.25) is 11.8 Å². The molecule has 3 amide bonds. The van der Waals surface area contributed by atoms with E-state index in [9.17, 15) is 14.4 Å². The first-order valence-electron chi connectivity index (χ1n) is 8.14. The van der Waals surface area contributed by atoms with Crippen LogP contribution in [0.25, 0.3) is 0 Å². The van der Waals surface area contributed by atoms with Gasteiger partial charge in [0.25, 0.3) is 5.91 Å². The van der Waals surface area contributed by atoms with E-state index in [1.54, 1.807) is 9.80 Å². The Kier molecular flexibility index (Phi) is 6.31. The quantitative estimate of drug-likeness (QED) is 0.465. The number of nitrogens with one attached hydrogen (secondary N) is 1. The second-order valence-electron chi connectivity index (χ2n) is 5.96. The molecule has 0 spiro atoms. The van der Waals surface area contributed by atoms with Crippen molar-refractivity contribution >= 4 is 17.7 Å². The molecule has 24 heavy (non-hydrogen) atoms. The summed E-state index contributed by atoms with van der Waals surface area (Å²) in [5, 5.41) is 0. The minimum atomic E-state index is -0.267. The number of carbonyl (C=O) groups excluding carboxylic acids is 3. The third-order valence-corrected chi connectivity index (χ3v) is 4.14. The van der Waals surface area contributed by atoms with Gasteiger partial charge in [-0.2, -0.15) is 0 Å². The summed E-state index contributed by atoms with van der Waals surface area (Å²) in [5.74, 6) is 4.75. The van der Waals surface area contributed by atoms with Crippen molar-refractivity contribution in [3.63, 3.8) is 0 Å². The fourth-order valence-electron chi connectivity index (χ4n) is 2.75. The lowest BCUT2D eigenvalue weighted by molar-refractivity contribution is -0.132. The van der Waals surface area contributed by atoms with E-state index in [0.29, 0.717) is 44.6 Å². The zero-order valence-electron chi connectivity index (χ0n) is 14.0. The van der Waals surface area contributed by atoms with Crippen molar-refractivity contribution in [2.75, 3.05) is 26.2 Å². The molecule has 1 aromatic carbocycles. The molecule has 0 saturated carbocycles. The lowest BCUT2D eigenvalue weighted by Crippen LogP contribution is -2.50. The van der Waals surface area contributed by atoms with E-state index in [1.165, 1.54) is 0 Å². The average Bonchev–Trinajstić information content (AvgIpc) is 2.61. The van der Waals surface area contributed by atoms with Crippen LogP contribution in [0.3, 0.4) is 0 Å². The van der Waals surface area contributed by atoms with Crippen LogP contribution in [0.2, 0.25) is 0 Å². The van der Waals surface area contributed by atoms with E-state index in [2.05, 4.69) is 0 Å². The molecule has 1 heterocycles. The van der Waals surface area contributed by atoms with Gasteiger partial charge in [0.15, 0.2) is 0 Å². The number of amides is 3.